The van der Waals surface area contributed by atoms with Crippen LogP contribution in [0.2, 0.25) is 0 Å². The summed E-state index contributed by atoms with van der Waals surface area (Å²) in [6.07, 6.45) is 1.89. The molecule has 0 radical (unpaired) electrons. The largest absolute Gasteiger partial charge is 0.456 e. The van der Waals surface area contributed by atoms with Crippen LogP contribution in [-0.2, 0) is 6.54 Å². The Balaban J connectivity index is 2.59. The van der Waals surface area contributed by atoms with Crippen LogP contribution in [0.15, 0.2) is 21.5 Å². The van der Waals surface area contributed by atoms with Gasteiger partial charge in [-0.25, -0.2) is 0 Å². The first-order valence-electron chi connectivity index (χ1n) is 3.29. The number of hydrogen-bond acceptors (Lipinski definition) is 2. The van der Waals surface area contributed by atoms with E-state index in [9.17, 15) is 0 Å². The number of aliphatic imine (C=N–C) groups is 1. The molecule has 0 atom stereocenters. The van der Waals surface area contributed by atoms with Crippen LogP contribution in [0.3, 0.4) is 0 Å². The molecule has 3 heterocycles. The van der Waals surface area contributed by atoms with Gasteiger partial charge in [0.05, 0.1) is 6.54 Å². The van der Waals surface area contributed by atoms with Crippen molar-refractivity contribution < 1.29 is 4.42 Å². The molecule has 2 heteroatoms. The summed E-state index contributed by atoms with van der Waals surface area (Å²) in [6, 6.07) is 3.99. The Labute approximate surface area is 57.5 Å². The molecular formula is C8H5NO. The van der Waals surface area contributed by atoms with Crippen LogP contribution in [0.25, 0.3) is 11.2 Å². The van der Waals surface area contributed by atoms with Gasteiger partial charge in [0.1, 0.15) is 11.2 Å². The Bertz CT molecular complexity index is 399. The van der Waals surface area contributed by atoms with Crippen molar-refractivity contribution in [1.82, 2.24) is 0 Å². The van der Waals surface area contributed by atoms with E-state index in [-0.39, 0.29) is 0 Å². The van der Waals surface area contributed by atoms with Gasteiger partial charge in [0.25, 0.3) is 0 Å². The molecule has 3 rings (SSSR count). The Morgan fingerprint density at radius 1 is 1.30 bits per heavy atom. The summed E-state index contributed by atoms with van der Waals surface area (Å²) in [6.45, 7) is 0.804. The number of nitrogens with zero attached hydrogens (tertiary/aromatic N) is 1. The van der Waals surface area contributed by atoms with Crippen molar-refractivity contribution in [2.45, 2.75) is 6.54 Å². The van der Waals surface area contributed by atoms with Gasteiger partial charge in [-0.15, -0.1) is 0 Å². The third-order valence-corrected chi connectivity index (χ3v) is 1.96. The zero-order valence-corrected chi connectivity index (χ0v) is 5.29. The minimum absolute atomic E-state index is 0.804. The monoisotopic (exact) mass is 131 g/mol. The molecule has 10 heavy (non-hydrogen) atoms. The Kier molecular flexibility index (Phi) is 0.556. The number of benzene rings is 1. The minimum Gasteiger partial charge on any atom is -0.456 e. The molecular weight excluding hydrogens is 126 g/mol. The highest BCUT2D eigenvalue weighted by atomic mass is 16.3. The van der Waals surface area contributed by atoms with Crippen molar-refractivity contribution in [3.63, 3.8) is 0 Å². The smallest absolute Gasteiger partial charge is 0.136 e. The lowest BCUT2D eigenvalue weighted by atomic mass is 10.1. The van der Waals surface area contributed by atoms with E-state index in [0.29, 0.717) is 0 Å². The lowest BCUT2D eigenvalue weighted by molar-refractivity contribution is 0.671. The molecule has 1 aliphatic rings. The van der Waals surface area contributed by atoms with Crippen molar-refractivity contribution in [2.75, 3.05) is 0 Å². The summed E-state index contributed by atoms with van der Waals surface area (Å²) < 4.78 is 5.40. The summed E-state index contributed by atoms with van der Waals surface area (Å²) >= 11 is 0. The molecule has 2 bridgehead atoms. The molecule has 0 fully saturated rings. The van der Waals surface area contributed by atoms with E-state index in [1.807, 2.05) is 18.3 Å². The maximum Gasteiger partial charge on any atom is 0.136 e. The van der Waals surface area contributed by atoms with Crippen LogP contribution in [0.5, 0.6) is 0 Å². The van der Waals surface area contributed by atoms with E-state index in [1.54, 1.807) is 0 Å². The maximum atomic E-state index is 5.40. The van der Waals surface area contributed by atoms with E-state index in [4.69, 9.17) is 4.42 Å². The van der Waals surface area contributed by atoms with Crippen LogP contribution in [0.1, 0.15) is 11.1 Å². The van der Waals surface area contributed by atoms with Crippen molar-refractivity contribution in [1.29, 1.82) is 0 Å². The fourth-order valence-electron chi connectivity index (χ4n) is 1.46. The van der Waals surface area contributed by atoms with Gasteiger partial charge in [-0.3, -0.25) is 4.99 Å². The lowest BCUT2D eigenvalue weighted by Gasteiger charge is -1.84. The molecule has 0 aliphatic carbocycles. The van der Waals surface area contributed by atoms with Gasteiger partial charge in [0, 0.05) is 17.3 Å². The molecule has 0 aromatic carbocycles. The second-order valence-corrected chi connectivity index (χ2v) is 2.53. The fourth-order valence-corrected chi connectivity index (χ4v) is 1.46. The summed E-state index contributed by atoms with van der Waals surface area (Å²) in [5, 5.41) is 0. The van der Waals surface area contributed by atoms with Crippen LogP contribution >= 0.6 is 0 Å². The predicted octanol–water partition coefficient (Wildman–Crippen LogP) is 1.80. The number of fused-ring (bicyclic) bond motifs is 5. The number of hydrogen-bond donors (Lipinski definition) is 0. The topological polar surface area (TPSA) is 25.5 Å². The number of furan rings is 2. The van der Waals surface area contributed by atoms with Crippen molar-refractivity contribution in [3.8, 4) is 0 Å². The molecule has 0 amide bonds. The summed E-state index contributed by atoms with van der Waals surface area (Å²) in [5.41, 5.74) is 4.43. The van der Waals surface area contributed by atoms with Crippen molar-refractivity contribution >= 4 is 17.4 Å². The van der Waals surface area contributed by atoms with Gasteiger partial charge in [0.15, 0.2) is 0 Å². The first-order valence-corrected chi connectivity index (χ1v) is 3.29. The SMILES string of the molecule is C1=NCc2c1c1ccc2o1. The third kappa shape index (κ3) is 0.328. The van der Waals surface area contributed by atoms with E-state index >= 15 is 0 Å². The number of rotatable bonds is 0. The molecule has 0 unspecified atom stereocenters. The molecule has 2 aromatic rings. The molecule has 2 aromatic heterocycles. The normalized spacial score (nSPS) is 15.2. The maximum absolute atomic E-state index is 5.40. The standard InChI is InChI=1S/C8H5NO/c1-2-8-6-4-9-3-5(6)7(1)10-8/h1-3H,4H2. The van der Waals surface area contributed by atoms with Gasteiger partial charge < -0.3 is 4.42 Å². The first kappa shape index (κ1) is 4.50. The third-order valence-electron chi connectivity index (χ3n) is 1.96. The highest BCUT2D eigenvalue weighted by molar-refractivity contribution is 5.97. The van der Waals surface area contributed by atoms with E-state index in [1.165, 1.54) is 11.1 Å². The van der Waals surface area contributed by atoms with Crippen LogP contribution in [-0.4, -0.2) is 6.21 Å². The van der Waals surface area contributed by atoms with E-state index < -0.39 is 0 Å². The highest BCUT2D eigenvalue weighted by Crippen LogP contribution is 2.30. The summed E-state index contributed by atoms with van der Waals surface area (Å²) in [7, 11) is 0. The molecule has 0 saturated heterocycles. The van der Waals surface area contributed by atoms with Crippen molar-refractivity contribution in [2.24, 2.45) is 4.99 Å². The summed E-state index contributed by atoms with van der Waals surface area (Å²) in [4.78, 5) is 4.15. The molecule has 0 saturated carbocycles. The summed E-state index contributed by atoms with van der Waals surface area (Å²) in [5.74, 6) is 0. The zero-order chi connectivity index (χ0) is 6.55. The second kappa shape index (κ2) is 1.24. The minimum atomic E-state index is 0.804. The molecule has 1 aliphatic heterocycles. The predicted molar refractivity (Wildman–Crippen MR) is 38.7 cm³/mol. The second-order valence-electron chi connectivity index (χ2n) is 2.53. The average Bonchev–Trinajstić information content (AvgIpc) is 2.60. The van der Waals surface area contributed by atoms with Gasteiger partial charge in [-0.05, 0) is 12.1 Å². The Morgan fingerprint density at radius 3 is 3.10 bits per heavy atom. The highest BCUT2D eigenvalue weighted by Gasteiger charge is 2.17. The van der Waals surface area contributed by atoms with Gasteiger partial charge in [0.2, 0.25) is 0 Å². The van der Waals surface area contributed by atoms with Gasteiger partial charge in [-0.2, -0.15) is 0 Å². The van der Waals surface area contributed by atoms with Gasteiger partial charge in [-0.1, -0.05) is 0 Å². The van der Waals surface area contributed by atoms with Crippen LogP contribution < -0.4 is 0 Å². The zero-order valence-electron chi connectivity index (χ0n) is 5.29. The quantitative estimate of drug-likeness (QED) is 0.535. The lowest BCUT2D eigenvalue weighted by Crippen LogP contribution is -1.77. The molecule has 2 nitrogen and oxygen atoms in total. The van der Waals surface area contributed by atoms with Crippen LogP contribution in [0, 0.1) is 0 Å². The first-order chi connectivity index (χ1) is 4.95. The Morgan fingerprint density at radius 2 is 2.20 bits per heavy atom. The fraction of sp³-hybridized carbons (Fsp3) is 0.125. The van der Waals surface area contributed by atoms with Gasteiger partial charge >= 0.3 is 0 Å². The molecule has 0 N–H and O–H groups in total. The van der Waals surface area contributed by atoms with Crippen molar-refractivity contribution in [3.05, 3.63) is 23.3 Å². The van der Waals surface area contributed by atoms with Crippen LogP contribution in [0.4, 0.5) is 0 Å². The Hall–Kier alpha value is -1.31. The molecule has 48 valence electrons. The van der Waals surface area contributed by atoms with E-state index in [2.05, 4.69) is 4.99 Å². The average molecular weight is 131 g/mol. The molecule has 0 spiro atoms. The van der Waals surface area contributed by atoms with E-state index in [0.717, 1.165) is 17.7 Å².